The lowest BCUT2D eigenvalue weighted by molar-refractivity contribution is -0.203. The smallest absolute Gasteiger partial charge is 0.303 e. The van der Waals surface area contributed by atoms with E-state index in [4.69, 9.17) is 5.48 Å². The minimum absolute atomic E-state index is 0.0388. The molecule has 0 aromatic carbocycles. The van der Waals surface area contributed by atoms with Crippen LogP contribution in [0.3, 0.4) is 0 Å². The van der Waals surface area contributed by atoms with E-state index in [1.54, 1.807) is 0 Å². The number of carbonyl (C=O) groups is 1. The van der Waals surface area contributed by atoms with Crippen molar-refractivity contribution in [2.24, 2.45) is 52.3 Å². The summed E-state index contributed by atoms with van der Waals surface area (Å²) >= 11 is 0. The molecule has 0 spiro atoms. The van der Waals surface area contributed by atoms with Gasteiger partial charge >= 0.3 is 5.97 Å². The molecule has 4 fully saturated rings. The molecule has 6 unspecified atom stereocenters. The number of carboxylic acid groups (broad SMARTS) is 1. The highest BCUT2D eigenvalue weighted by Crippen LogP contribution is 2.69. The molecule has 0 heterocycles. The van der Waals surface area contributed by atoms with E-state index in [0.29, 0.717) is 25.2 Å². The maximum atomic E-state index is 12.0. The number of aliphatic hydroxyl groups is 2. The van der Waals surface area contributed by atoms with Crippen LogP contribution in [0.25, 0.3) is 0 Å². The summed E-state index contributed by atoms with van der Waals surface area (Å²) in [4.78, 5) is 11.2. The Bertz CT molecular complexity index is 818. The first-order valence-electron chi connectivity index (χ1n) is 14.7. The molecule has 0 amide bonds. The number of aliphatic hydroxyl groups excluding tert-OH is 1. The first-order valence-corrected chi connectivity index (χ1v) is 12.1. The van der Waals surface area contributed by atoms with Crippen molar-refractivity contribution in [2.45, 2.75) is 104 Å². The standard InChI is InChI=1S/C26H44O4/c1-5-17-21-14-16(27)10-12-26(21,4)20-11-13-25(3)18(15(2)6-9-22(28)29)7-8-19(25)23(20)24(17)30/h15-21,23-24,27,30H,5-14H2,1-4H3,(H,28,29)/t15-,16-,17-,18?,19?,20?,21+,23?,24?,25-,26-/m1/s1/i1D3,5D,24D/t5?,15-,16-,17-,18?,19?,20?,21+,23?,24?,25-,26-. The predicted octanol–water partition coefficient (Wildman–Crippen LogP) is 5.11. The molecule has 0 saturated heterocycles. The Balaban J connectivity index is 1.74. The first kappa shape index (κ1) is 16.9. The largest absolute Gasteiger partial charge is 0.481 e. The monoisotopic (exact) mass is 425 g/mol. The van der Waals surface area contributed by atoms with Gasteiger partial charge in [-0.05, 0) is 104 Å². The minimum atomic E-state index is -2.61. The van der Waals surface area contributed by atoms with Crippen LogP contribution in [0.2, 0.25) is 0 Å². The number of rotatable bonds is 5. The molecule has 4 nitrogen and oxygen atoms in total. The van der Waals surface area contributed by atoms with Crippen molar-refractivity contribution < 1.29 is 27.0 Å². The Morgan fingerprint density at radius 3 is 2.53 bits per heavy atom. The molecule has 4 heteroatoms. The predicted molar refractivity (Wildman–Crippen MR) is 118 cm³/mol. The van der Waals surface area contributed by atoms with Crippen molar-refractivity contribution in [3.63, 3.8) is 0 Å². The number of carboxylic acids is 1. The maximum absolute atomic E-state index is 12.0. The zero-order valence-electron chi connectivity index (χ0n) is 23.8. The van der Waals surface area contributed by atoms with Crippen molar-refractivity contribution in [2.75, 3.05) is 0 Å². The van der Waals surface area contributed by atoms with E-state index in [9.17, 15) is 21.5 Å². The van der Waals surface area contributed by atoms with Gasteiger partial charge in [-0.2, -0.15) is 0 Å². The van der Waals surface area contributed by atoms with Crippen LogP contribution in [-0.4, -0.2) is 33.5 Å². The van der Waals surface area contributed by atoms with Crippen LogP contribution < -0.4 is 0 Å². The van der Waals surface area contributed by atoms with Crippen molar-refractivity contribution >= 4 is 5.97 Å². The van der Waals surface area contributed by atoms with Gasteiger partial charge < -0.3 is 15.3 Å². The van der Waals surface area contributed by atoms with Crippen molar-refractivity contribution in [3.8, 4) is 0 Å². The summed E-state index contributed by atoms with van der Waals surface area (Å²) in [5.41, 5.74) is -0.464. The minimum Gasteiger partial charge on any atom is -0.481 e. The normalized spacial score (nSPS) is 57.9. The molecule has 0 aromatic heterocycles. The topological polar surface area (TPSA) is 77.8 Å². The SMILES string of the molecule is [2H]C([C@@H]1[C@@H]2C[C@H](O)CC[C@]2(C)C2CC[C@@]3(C)C(CCC3[C@H](C)CCC(=O)O)C2C1([2H])O)C([2H])([2H])[2H]. The quantitative estimate of drug-likeness (QED) is 0.572. The number of hydrogen-bond acceptors (Lipinski definition) is 3. The zero-order chi connectivity index (χ0) is 26.1. The van der Waals surface area contributed by atoms with E-state index in [1.807, 2.05) is 0 Å². The summed E-state index contributed by atoms with van der Waals surface area (Å²) in [5.74, 6) is -2.04. The number of hydrogen-bond donors (Lipinski definition) is 3. The van der Waals surface area contributed by atoms with Crippen LogP contribution in [0.15, 0.2) is 0 Å². The lowest BCUT2D eigenvalue weighted by atomic mass is 9.41. The van der Waals surface area contributed by atoms with Crippen LogP contribution in [-0.2, 0) is 4.79 Å². The fourth-order valence-corrected chi connectivity index (χ4v) is 8.81. The maximum Gasteiger partial charge on any atom is 0.303 e. The van der Waals surface area contributed by atoms with E-state index < -0.39 is 43.2 Å². The van der Waals surface area contributed by atoms with Crippen LogP contribution >= 0.6 is 0 Å². The third kappa shape index (κ3) is 3.36. The van der Waals surface area contributed by atoms with Gasteiger partial charge in [-0.25, -0.2) is 0 Å². The summed E-state index contributed by atoms with van der Waals surface area (Å²) < 4.78 is 42.1. The second-order valence-electron chi connectivity index (χ2n) is 11.5. The van der Waals surface area contributed by atoms with Crippen molar-refractivity contribution in [1.82, 2.24) is 0 Å². The Hall–Kier alpha value is -0.610. The van der Waals surface area contributed by atoms with Crippen LogP contribution in [0.1, 0.15) is 98.7 Å². The van der Waals surface area contributed by atoms with E-state index in [2.05, 4.69) is 20.8 Å². The van der Waals surface area contributed by atoms with Crippen molar-refractivity contribution in [3.05, 3.63) is 0 Å². The van der Waals surface area contributed by atoms with E-state index in [-0.39, 0.29) is 40.9 Å². The summed E-state index contributed by atoms with van der Waals surface area (Å²) in [6.07, 6.45) is 1.77. The van der Waals surface area contributed by atoms with E-state index >= 15 is 0 Å². The lowest BCUT2D eigenvalue weighted by Gasteiger charge is -2.64. The molecule has 12 atom stereocenters. The molecule has 0 aromatic rings. The van der Waals surface area contributed by atoms with E-state index in [0.717, 1.165) is 32.1 Å². The molecule has 0 radical (unpaired) electrons. The Kier molecular flexibility index (Phi) is 4.56. The van der Waals surface area contributed by atoms with Gasteiger partial charge in [0.15, 0.2) is 0 Å². The highest BCUT2D eigenvalue weighted by molar-refractivity contribution is 5.66. The zero-order valence-corrected chi connectivity index (χ0v) is 18.8. The van der Waals surface area contributed by atoms with Gasteiger partial charge in [0.25, 0.3) is 0 Å². The summed E-state index contributed by atoms with van der Waals surface area (Å²) in [6, 6.07) is 0. The summed E-state index contributed by atoms with van der Waals surface area (Å²) in [5, 5.41) is 31.7. The lowest BCUT2D eigenvalue weighted by Crippen LogP contribution is -2.62. The Labute approximate surface area is 189 Å². The van der Waals surface area contributed by atoms with Crippen LogP contribution in [0.4, 0.5) is 0 Å². The molecule has 0 bridgehead atoms. The van der Waals surface area contributed by atoms with Gasteiger partial charge in [0.1, 0.15) is 0 Å². The molecule has 3 N–H and O–H groups in total. The molecule has 0 aliphatic heterocycles. The van der Waals surface area contributed by atoms with Gasteiger partial charge in [-0.15, -0.1) is 0 Å². The molecule has 4 aliphatic carbocycles. The highest BCUT2D eigenvalue weighted by Gasteiger charge is 2.64. The first-order chi connectivity index (χ1) is 16.0. The average Bonchev–Trinajstić information content (AvgIpc) is 3.09. The molecular weight excluding hydrogens is 376 g/mol. The fraction of sp³-hybridized carbons (Fsp3) is 0.962. The number of aliphatic carboxylic acids is 1. The van der Waals surface area contributed by atoms with Gasteiger partial charge in [0.2, 0.25) is 0 Å². The molecule has 30 heavy (non-hydrogen) atoms. The van der Waals surface area contributed by atoms with Gasteiger partial charge in [0.05, 0.1) is 13.6 Å². The number of fused-ring (bicyclic) bond motifs is 5. The summed E-state index contributed by atoms with van der Waals surface area (Å²) in [6.45, 7) is 3.92. The highest BCUT2D eigenvalue weighted by atomic mass is 16.4. The Morgan fingerprint density at radius 2 is 1.83 bits per heavy atom. The molecule has 4 rings (SSSR count). The molecule has 4 saturated carbocycles. The van der Waals surface area contributed by atoms with E-state index in [1.165, 1.54) is 0 Å². The second-order valence-corrected chi connectivity index (χ2v) is 11.5. The average molecular weight is 426 g/mol. The summed E-state index contributed by atoms with van der Waals surface area (Å²) in [7, 11) is 0. The van der Waals surface area contributed by atoms with Crippen molar-refractivity contribution in [1.29, 1.82) is 0 Å². The third-order valence-electron chi connectivity index (χ3n) is 10.4. The molecular formula is C26H44O4. The third-order valence-corrected chi connectivity index (χ3v) is 10.4. The second kappa shape index (κ2) is 8.06. The van der Waals surface area contributed by atoms with Crippen LogP contribution in [0.5, 0.6) is 0 Å². The molecule has 172 valence electrons. The van der Waals surface area contributed by atoms with Gasteiger partial charge in [-0.1, -0.05) is 34.0 Å². The Morgan fingerprint density at radius 1 is 1.13 bits per heavy atom. The molecule has 4 aliphatic rings. The van der Waals surface area contributed by atoms with Crippen LogP contribution in [0, 0.1) is 52.3 Å². The van der Waals surface area contributed by atoms with Gasteiger partial charge in [-0.3, -0.25) is 4.79 Å². The van der Waals surface area contributed by atoms with Gasteiger partial charge in [0, 0.05) is 11.9 Å². The fourth-order valence-electron chi connectivity index (χ4n) is 8.81.